The van der Waals surface area contributed by atoms with E-state index in [9.17, 15) is 24.6 Å². The molecule has 142 valence electrons. The third kappa shape index (κ3) is 4.58. The molecule has 0 bridgehead atoms. The molecule has 2 saturated heterocycles. The molecule has 0 unspecified atom stereocenters. The summed E-state index contributed by atoms with van der Waals surface area (Å²) >= 11 is 0. The first-order valence-corrected chi connectivity index (χ1v) is 8.91. The van der Waals surface area contributed by atoms with Gasteiger partial charge in [0, 0.05) is 12.8 Å². The first kappa shape index (κ1) is 19.8. The van der Waals surface area contributed by atoms with E-state index >= 15 is 0 Å². The molecule has 2 heterocycles. The van der Waals surface area contributed by atoms with Crippen molar-refractivity contribution < 1.29 is 34.1 Å². The summed E-state index contributed by atoms with van der Waals surface area (Å²) in [5.41, 5.74) is -0.836. The molecule has 6 atom stereocenters. The molecule has 0 saturated carbocycles. The van der Waals surface area contributed by atoms with Gasteiger partial charge in [-0.3, -0.25) is 9.59 Å². The number of carbonyl (C=O) groups is 3. The molecule has 7 heteroatoms. The lowest BCUT2D eigenvalue weighted by atomic mass is 9.85. The highest BCUT2D eigenvalue weighted by Crippen LogP contribution is 2.42. The van der Waals surface area contributed by atoms with E-state index in [1.165, 1.54) is 6.92 Å². The highest BCUT2D eigenvalue weighted by Gasteiger charge is 2.53. The molecule has 0 spiro atoms. The first-order chi connectivity index (χ1) is 11.6. The molecule has 0 aromatic carbocycles. The fourth-order valence-corrected chi connectivity index (χ4v) is 3.76. The topological polar surface area (TPSA) is 110 Å². The molecule has 2 aliphatic rings. The molecule has 0 radical (unpaired) electrons. The van der Waals surface area contributed by atoms with Crippen molar-refractivity contribution in [3.8, 4) is 0 Å². The summed E-state index contributed by atoms with van der Waals surface area (Å²) in [6, 6.07) is 0. The van der Waals surface area contributed by atoms with Crippen LogP contribution in [0.3, 0.4) is 0 Å². The quantitative estimate of drug-likeness (QED) is 0.637. The number of hydrogen-bond donors (Lipinski definition) is 2. The number of ether oxygens (including phenoxy) is 2. The largest absolute Gasteiger partial charge is 0.481 e. The van der Waals surface area contributed by atoms with Crippen molar-refractivity contribution in [3.63, 3.8) is 0 Å². The lowest BCUT2D eigenvalue weighted by molar-refractivity contribution is -0.166. The maximum atomic E-state index is 11.6. The van der Waals surface area contributed by atoms with Crippen LogP contribution in [0.5, 0.6) is 0 Å². The Kier molecular flexibility index (Phi) is 6.21. The maximum Gasteiger partial charge on any atom is 0.309 e. The molecule has 0 aromatic heterocycles. The second-order valence-corrected chi connectivity index (χ2v) is 7.62. The van der Waals surface area contributed by atoms with Crippen LogP contribution in [0.2, 0.25) is 0 Å². The van der Waals surface area contributed by atoms with Gasteiger partial charge < -0.3 is 24.5 Å². The Morgan fingerprint density at radius 3 is 2.60 bits per heavy atom. The zero-order valence-corrected chi connectivity index (χ0v) is 15.1. The Morgan fingerprint density at radius 2 is 2.08 bits per heavy atom. The fourth-order valence-electron chi connectivity index (χ4n) is 3.76. The van der Waals surface area contributed by atoms with Crippen LogP contribution < -0.4 is 0 Å². The highest BCUT2D eigenvalue weighted by molar-refractivity contribution is 5.75. The van der Waals surface area contributed by atoms with Gasteiger partial charge in [-0.05, 0) is 45.4 Å². The minimum Gasteiger partial charge on any atom is -0.481 e. The molecule has 2 aliphatic heterocycles. The summed E-state index contributed by atoms with van der Waals surface area (Å²) in [4.78, 5) is 34.1. The summed E-state index contributed by atoms with van der Waals surface area (Å²) in [6.07, 6.45) is 0.375. The Bertz CT molecular complexity index is 532. The van der Waals surface area contributed by atoms with Gasteiger partial charge in [0.25, 0.3) is 0 Å². The number of carbonyl (C=O) groups excluding carboxylic acids is 2. The van der Waals surface area contributed by atoms with Crippen LogP contribution in [0.15, 0.2) is 0 Å². The second-order valence-electron chi connectivity index (χ2n) is 7.62. The van der Waals surface area contributed by atoms with Crippen molar-refractivity contribution in [1.82, 2.24) is 0 Å². The average molecular weight is 356 g/mol. The summed E-state index contributed by atoms with van der Waals surface area (Å²) in [6.45, 7) is 5.11. The number of hydrogen-bond acceptors (Lipinski definition) is 6. The zero-order valence-electron chi connectivity index (χ0n) is 15.1. The smallest absolute Gasteiger partial charge is 0.309 e. The molecular formula is C18H28O7. The number of esters is 1. The molecule has 7 nitrogen and oxygen atoms in total. The molecule has 0 aromatic rings. The Balaban J connectivity index is 2.03. The minimum absolute atomic E-state index is 0.0956. The van der Waals surface area contributed by atoms with E-state index in [1.807, 2.05) is 6.92 Å². The van der Waals surface area contributed by atoms with E-state index in [0.29, 0.717) is 32.1 Å². The van der Waals surface area contributed by atoms with Crippen molar-refractivity contribution in [2.24, 2.45) is 11.8 Å². The highest BCUT2D eigenvalue weighted by atomic mass is 16.6. The van der Waals surface area contributed by atoms with Gasteiger partial charge in [0.1, 0.15) is 11.4 Å². The second kappa shape index (κ2) is 7.83. The van der Waals surface area contributed by atoms with Crippen LogP contribution in [0, 0.1) is 11.8 Å². The van der Waals surface area contributed by atoms with E-state index in [1.54, 1.807) is 6.92 Å². The van der Waals surface area contributed by atoms with Gasteiger partial charge in [-0.1, -0.05) is 6.92 Å². The number of aliphatic carboxylic acids is 1. The zero-order chi connectivity index (χ0) is 18.8. The van der Waals surface area contributed by atoms with E-state index in [-0.39, 0.29) is 24.1 Å². The molecule has 0 aliphatic carbocycles. The minimum atomic E-state index is -1.02. The summed E-state index contributed by atoms with van der Waals surface area (Å²) in [5.74, 6) is -2.26. The molecule has 2 fully saturated rings. The van der Waals surface area contributed by atoms with Gasteiger partial charge in [-0.15, -0.1) is 0 Å². The Hall–Kier alpha value is -1.47. The molecule has 0 amide bonds. The van der Waals surface area contributed by atoms with Crippen LogP contribution in [-0.2, 0) is 23.9 Å². The SMILES string of the molecule is CC(=O)CCC[C@@H](C)[C@H](O)[C@@H]1O[C@H]([C@@]2(C)CCC(=O)O2)C[C@H]1C(=O)O. The lowest BCUT2D eigenvalue weighted by Gasteiger charge is -2.31. The predicted molar refractivity (Wildman–Crippen MR) is 87.8 cm³/mol. The van der Waals surface area contributed by atoms with Crippen molar-refractivity contribution >= 4 is 17.7 Å². The molecular weight excluding hydrogens is 328 g/mol. The van der Waals surface area contributed by atoms with E-state index in [2.05, 4.69) is 0 Å². The van der Waals surface area contributed by atoms with Crippen molar-refractivity contribution in [2.75, 3.05) is 0 Å². The summed E-state index contributed by atoms with van der Waals surface area (Å²) in [5, 5.41) is 20.1. The van der Waals surface area contributed by atoms with Gasteiger partial charge in [0.15, 0.2) is 0 Å². The standard InChI is InChI=1S/C18H28O7/c1-10(5-4-6-11(2)19)15(21)16-12(17(22)23)9-13(24-16)18(3)8-7-14(20)25-18/h10,12-13,15-16,21H,4-9H2,1-3H3,(H,22,23)/t10-,12-,13+,15+,16-,18-/m1/s1. The summed E-state index contributed by atoms with van der Waals surface area (Å²) in [7, 11) is 0. The van der Waals surface area contributed by atoms with Crippen molar-refractivity contribution in [3.05, 3.63) is 0 Å². The number of carboxylic acids is 1. The third-order valence-corrected chi connectivity index (χ3v) is 5.46. The molecule has 2 N–H and O–H groups in total. The van der Waals surface area contributed by atoms with Crippen molar-refractivity contribution in [1.29, 1.82) is 0 Å². The van der Waals surface area contributed by atoms with Gasteiger partial charge in [-0.2, -0.15) is 0 Å². The number of aliphatic hydroxyl groups is 1. The number of Topliss-reactive ketones (excluding diaryl/α,β-unsaturated/α-hetero) is 1. The Morgan fingerprint density at radius 1 is 1.40 bits per heavy atom. The van der Waals surface area contributed by atoms with Crippen LogP contribution in [-0.4, -0.2) is 51.8 Å². The van der Waals surface area contributed by atoms with Crippen LogP contribution in [0.1, 0.15) is 59.3 Å². The van der Waals surface area contributed by atoms with Crippen LogP contribution in [0.25, 0.3) is 0 Å². The normalized spacial score (nSPS) is 34.6. The maximum absolute atomic E-state index is 11.6. The van der Waals surface area contributed by atoms with E-state index in [4.69, 9.17) is 9.47 Å². The monoisotopic (exact) mass is 356 g/mol. The average Bonchev–Trinajstić information content (AvgIpc) is 3.11. The van der Waals surface area contributed by atoms with Crippen LogP contribution in [0.4, 0.5) is 0 Å². The Labute approximate surface area is 147 Å². The van der Waals surface area contributed by atoms with Gasteiger partial charge in [0.2, 0.25) is 0 Å². The first-order valence-electron chi connectivity index (χ1n) is 8.91. The number of cyclic esters (lactones) is 1. The van der Waals surface area contributed by atoms with Gasteiger partial charge in [-0.25, -0.2) is 0 Å². The number of ketones is 1. The summed E-state index contributed by atoms with van der Waals surface area (Å²) < 4.78 is 11.3. The van der Waals surface area contributed by atoms with Gasteiger partial charge >= 0.3 is 11.9 Å². The molecule has 25 heavy (non-hydrogen) atoms. The lowest BCUT2D eigenvalue weighted by Crippen LogP contribution is -2.42. The number of aliphatic hydroxyl groups excluding tert-OH is 1. The van der Waals surface area contributed by atoms with Gasteiger partial charge in [0.05, 0.1) is 24.2 Å². The predicted octanol–water partition coefficient (Wildman–Crippen LogP) is 1.70. The molecule has 2 rings (SSSR count). The van der Waals surface area contributed by atoms with Crippen molar-refractivity contribution in [2.45, 2.75) is 83.2 Å². The number of rotatable bonds is 8. The van der Waals surface area contributed by atoms with E-state index in [0.717, 1.165) is 0 Å². The third-order valence-electron chi connectivity index (χ3n) is 5.46. The van der Waals surface area contributed by atoms with Crippen LogP contribution >= 0.6 is 0 Å². The number of carboxylic acid groups (broad SMARTS) is 1. The van der Waals surface area contributed by atoms with E-state index < -0.39 is 35.8 Å². The fraction of sp³-hybridized carbons (Fsp3) is 0.833.